The van der Waals surface area contributed by atoms with Crippen LogP contribution >= 0.6 is 11.3 Å². The number of thiazole rings is 1. The van der Waals surface area contributed by atoms with Gasteiger partial charge in [0.25, 0.3) is 5.91 Å². The van der Waals surface area contributed by atoms with Gasteiger partial charge >= 0.3 is 6.18 Å². The molecule has 9 heteroatoms. The zero-order valence-electron chi connectivity index (χ0n) is 12.9. The smallest absolute Gasteiger partial charge is 0.334 e. The van der Waals surface area contributed by atoms with Gasteiger partial charge in [-0.3, -0.25) is 9.89 Å². The van der Waals surface area contributed by atoms with E-state index in [1.54, 1.807) is 6.07 Å². The van der Waals surface area contributed by atoms with Crippen LogP contribution in [0.15, 0.2) is 11.4 Å². The van der Waals surface area contributed by atoms with Crippen LogP contribution in [0.25, 0.3) is 0 Å². The van der Waals surface area contributed by atoms with Crippen molar-refractivity contribution in [1.82, 2.24) is 20.1 Å². The molecule has 0 aliphatic heterocycles. The second-order valence-electron chi connectivity index (χ2n) is 5.66. The number of carbonyl (C=O) groups excluding carboxylic acids is 1. The predicted molar refractivity (Wildman–Crippen MR) is 80.0 cm³/mol. The van der Waals surface area contributed by atoms with Crippen LogP contribution in [0.2, 0.25) is 0 Å². The molecule has 0 atom stereocenters. The number of rotatable bonds is 5. The molecule has 0 fully saturated rings. The Morgan fingerprint density at radius 1 is 1.43 bits per heavy atom. The van der Waals surface area contributed by atoms with Crippen LogP contribution < -0.4 is 0 Å². The average Bonchev–Trinajstić information content (AvgIpc) is 3.05. The Labute approximate surface area is 135 Å². The molecule has 0 bridgehead atoms. The van der Waals surface area contributed by atoms with Gasteiger partial charge in [0, 0.05) is 18.1 Å². The van der Waals surface area contributed by atoms with E-state index in [9.17, 15) is 18.0 Å². The number of hydrogen-bond donors (Lipinski definition) is 1. The summed E-state index contributed by atoms with van der Waals surface area (Å²) in [4.78, 5) is 17.1. The molecule has 0 radical (unpaired) electrons. The minimum absolute atomic E-state index is 0.00591. The highest BCUT2D eigenvalue weighted by Gasteiger charge is 2.33. The number of amides is 1. The fourth-order valence-electron chi connectivity index (χ4n) is 2.00. The molecule has 0 aliphatic carbocycles. The molecule has 1 amide bonds. The molecule has 0 saturated carbocycles. The average molecular weight is 346 g/mol. The van der Waals surface area contributed by atoms with Gasteiger partial charge in [0.1, 0.15) is 10.7 Å². The van der Waals surface area contributed by atoms with Gasteiger partial charge in [-0.15, -0.1) is 11.3 Å². The first kappa shape index (κ1) is 17.5. The first-order chi connectivity index (χ1) is 10.7. The molecular weight excluding hydrogens is 329 g/mol. The molecule has 0 aliphatic rings. The van der Waals surface area contributed by atoms with Gasteiger partial charge < -0.3 is 4.90 Å². The highest BCUT2D eigenvalue weighted by atomic mass is 32.1. The molecule has 2 aromatic heterocycles. The van der Waals surface area contributed by atoms with Crippen LogP contribution in [0.5, 0.6) is 0 Å². The molecule has 1 N–H and O–H groups in total. The molecule has 23 heavy (non-hydrogen) atoms. The maximum atomic E-state index is 12.5. The summed E-state index contributed by atoms with van der Waals surface area (Å²) in [5, 5.41) is 7.94. The Morgan fingerprint density at radius 2 is 2.13 bits per heavy atom. The second-order valence-corrected chi connectivity index (χ2v) is 6.60. The predicted octanol–water partition coefficient (Wildman–Crippen LogP) is 3.36. The number of aromatic nitrogens is 3. The third kappa shape index (κ3) is 4.54. The quantitative estimate of drug-likeness (QED) is 0.903. The van der Waals surface area contributed by atoms with E-state index in [1.807, 2.05) is 0 Å². The lowest BCUT2D eigenvalue weighted by Crippen LogP contribution is -2.26. The molecule has 0 spiro atoms. The van der Waals surface area contributed by atoms with Crippen molar-refractivity contribution in [3.8, 4) is 0 Å². The van der Waals surface area contributed by atoms with Crippen molar-refractivity contribution in [2.24, 2.45) is 5.92 Å². The van der Waals surface area contributed by atoms with Crippen molar-refractivity contribution >= 4 is 17.2 Å². The Bertz CT molecular complexity index is 678. The number of nitrogens with one attached hydrogen (secondary N) is 1. The van der Waals surface area contributed by atoms with Crippen LogP contribution in [0.1, 0.15) is 40.7 Å². The van der Waals surface area contributed by atoms with Gasteiger partial charge in [0.05, 0.1) is 6.54 Å². The Balaban J connectivity index is 2.02. The van der Waals surface area contributed by atoms with E-state index in [0.29, 0.717) is 5.92 Å². The van der Waals surface area contributed by atoms with Crippen molar-refractivity contribution in [3.05, 3.63) is 33.5 Å². The first-order valence-corrected chi connectivity index (χ1v) is 7.86. The maximum Gasteiger partial charge on any atom is 0.434 e. The third-order valence-corrected chi connectivity index (χ3v) is 3.87. The van der Waals surface area contributed by atoms with E-state index in [1.165, 1.54) is 11.9 Å². The maximum absolute atomic E-state index is 12.5. The van der Waals surface area contributed by atoms with Gasteiger partial charge in [-0.25, -0.2) is 4.98 Å². The van der Waals surface area contributed by atoms with Gasteiger partial charge in [0.2, 0.25) is 0 Å². The van der Waals surface area contributed by atoms with Crippen LogP contribution in [-0.4, -0.2) is 33.0 Å². The lowest BCUT2D eigenvalue weighted by molar-refractivity contribution is -0.140. The molecule has 0 aromatic carbocycles. The summed E-state index contributed by atoms with van der Waals surface area (Å²) in [6, 6.07) is 1.67. The number of H-pyrrole nitrogens is 1. The summed E-state index contributed by atoms with van der Waals surface area (Å²) < 4.78 is 37.6. The molecule has 126 valence electrons. The summed E-state index contributed by atoms with van der Waals surface area (Å²) >= 11 is 0.878. The van der Waals surface area contributed by atoms with Crippen LogP contribution in [-0.2, 0) is 19.1 Å². The molecule has 0 saturated heterocycles. The number of aromatic amines is 1. The monoisotopic (exact) mass is 346 g/mol. The SMILES string of the molecule is CC(C)Cc1cc(C(=O)N(C)Cc2nc(C(F)(F)F)cs2)n[nH]1. The number of alkyl halides is 3. The van der Waals surface area contributed by atoms with Gasteiger partial charge in [-0.05, 0) is 18.4 Å². The molecular formula is C14H17F3N4OS. The molecule has 2 aromatic rings. The Morgan fingerprint density at radius 3 is 2.70 bits per heavy atom. The molecule has 2 rings (SSSR count). The van der Waals surface area contributed by atoms with Crippen molar-refractivity contribution in [2.75, 3.05) is 7.05 Å². The fourth-order valence-corrected chi connectivity index (χ4v) is 2.85. The Hall–Kier alpha value is -1.90. The van der Waals surface area contributed by atoms with Crippen molar-refractivity contribution < 1.29 is 18.0 Å². The molecule has 5 nitrogen and oxygen atoms in total. The van der Waals surface area contributed by atoms with Crippen LogP contribution in [0.3, 0.4) is 0 Å². The summed E-state index contributed by atoms with van der Waals surface area (Å²) in [6.45, 7) is 4.11. The lowest BCUT2D eigenvalue weighted by Gasteiger charge is -2.13. The van der Waals surface area contributed by atoms with E-state index in [0.717, 1.165) is 28.8 Å². The standard InChI is InChI=1S/C14H17F3N4OS/c1-8(2)4-9-5-10(20-19-9)13(22)21(3)6-12-18-11(7-23-12)14(15,16)17/h5,7-8H,4,6H2,1-3H3,(H,19,20). The molecule has 0 unspecified atom stereocenters. The fraction of sp³-hybridized carbons (Fsp3) is 0.500. The summed E-state index contributed by atoms with van der Waals surface area (Å²) in [6.07, 6.45) is -3.70. The highest BCUT2D eigenvalue weighted by molar-refractivity contribution is 7.09. The molecule has 2 heterocycles. The van der Waals surface area contributed by atoms with Crippen molar-refractivity contribution in [1.29, 1.82) is 0 Å². The summed E-state index contributed by atoms with van der Waals surface area (Å²) in [5.41, 5.74) is 0.165. The minimum Gasteiger partial charge on any atom is -0.334 e. The third-order valence-electron chi connectivity index (χ3n) is 3.04. The van der Waals surface area contributed by atoms with Gasteiger partial charge in [0.15, 0.2) is 5.69 Å². The van der Waals surface area contributed by atoms with Gasteiger partial charge in [-0.2, -0.15) is 18.3 Å². The first-order valence-electron chi connectivity index (χ1n) is 6.98. The number of hydrogen-bond acceptors (Lipinski definition) is 4. The summed E-state index contributed by atoms with van der Waals surface area (Å²) in [5.74, 6) is 0.0623. The van der Waals surface area contributed by atoms with E-state index in [2.05, 4.69) is 29.0 Å². The van der Waals surface area contributed by atoms with E-state index < -0.39 is 11.9 Å². The highest BCUT2D eigenvalue weighted by Crippen LogP contribution is 2.30. The van der Waals surface area contributed by atoms with E-state index in [-0.39, 0.29) is 23.2 Å². The topological polar surface area (TPSA) is 61.9 Å². The van der Waals surface area contributed by atoms with E-state index in [4.69, 9.17) is 0 Å². The van der Waals surface area contributed by atoms with Crippen LogP contribution in [0, 0.1) is 5.92 Å². The van der Waals surface area contributed by atoms with Crippen molar-refractivity contribution in [2.45, 2.75) is 33.0 Å². The number of nitrogens with zero attached hydrogens (tertiary/aromatic N) is 3. The zero-order chi connectivity index (χ0) is 17.2. The summed E-state index contributed by atoms with van der Waals surface area (Å²) in [7, 11) is 1.51. The van der Waals surface area contributed by atoms with Crippen LogP contribution in [0.4, 0.5) is 13.2 Å². The Kier molecular flexibility index (Phi) is 5.08. The number of carbonyl (C=O) groups is 1. The largest absolute Gasteiger partial charge is 0.434 e. The minimum atomic E-state index is -4.47. The van der Waals surface area contributed by atoms with Crippen molar-refractivity contribution in [3.63, 3.8) is 0 Å². The lowest BCUT2D eigenvalue weighted by atomic mass is 10.1. The van der Waals surface area contributed by atoms with E-state index >= 15 is 0 Å². The number of halogens is 3. The normalized spacial score (nSPS) is 12.0. The van der Waals surface area contributed by atoms with Gasteiger partial charge in [-0.1, -0.05) is 13.8 Å². The second kappa shape index (κ2) is 6.69. The zero-order valence-corrected chi connectivity index (χ0v) is 13.8.